The minimum atomic E-state index is -0.647. The minimum Gasteiger partial charge on any atom is -0.480 e. The Labute approximate surface area is 169 Å². The van der Waals surface area contributed by atoms with Gasteiger partial charge in [0.2, 0.25) is 0 Å². The van der Waals surface area contributed by atoms with Gasteiger partial charge >= 0.3 is 0 Å². The number of nitrogens with one attached hydrogen (secondary N) is 1. The van der Waals surface area contributed by atoms with Crippen LogP contribution in [0.3, 0.4) is 0 Å². The highest BCUT2D eigenvalue weighted by molar-refractivity contribution is 6.44. The first-order valence-electron chi connectivity index (χ1n) is 8.58. The van der Waals surface area contributed by atoms with Crippen LogP contribution in [0.2, 0.25) is 15.1 Å². The van der Waals surface area contributed by atoms with E-state index >= 15 is 0 Å². The molecule has 0 aliphatic carbocycles. The average Bonchev–Trinajstić information content (AvgIpc) is 2.63. The first-order valence-corrected chi connectivity index (χ1v) is 9.71. The van der Waals surface area contributed by atoms with Crippen LogP contribution in [0, 0.1) is 0 Å². The SMILES string of the molecule is CCC(Oc1ccccc1C(C)CC)C(=O)Nc1cc(Cl)c(Cl)cc1Cl. The van der Waals surface area contributed by atoms with Gasteiger partial charge in [-0.15, -0.1) is 0 Å². The van der Waals surface area contributed by atoms with Crippen molar-refractivity contribution in [3.63, 3.8) is 0 Å². The lowest BCUT2D eigenvalue weighted by atomic mass is 9.98. The molecule has 3 nitrogen and oxygen atoms in total. The lowest BCUT2D eigenvalue weighted by Crippen LogP contribution is -2.32. The Hall–Kier alpha value is -1.42. The number of halogens is 3. The average molecular weight is 415 g/mol. The van der Waals surface area contributed by atoms with Gasteiger partial charge in [0.25, 0.3) is 5.91 Å². The van der Waals surface area contributed by atoms with Gasteiger partial charge in [0.15, 0.2) is 6.10 Å². The van der Waals surface area contributed by atoms with Crippen molar-refractivity contribution in [3.05, 3.63) is 57.0 Å². The maximum absolute atomic E-state index is 12.7. The van der Waals surface area contributed by atoms with Gasteiger partial charge < -0.3 is 10.1 Å². The number of carbonyl (C=O) groups is 1. The highest BCUT2D eigenvalue weighted by Gasteiger charge is 2.22. The molecule has 140 valence electrons. The topological polar surface area (TPSA) is 38.3 Å². The Kier molecular flexibility index (Phi) is 7.63. The van der Waals surface area contributed by atoms with Crippen LogP contribution in [0.25, 0.3) is 0 Å². The van der Waals surface area contributed by atoms with E-state index in [0.29, 0.717) is 33.1 Å². The van der Waals surface area contributed by atoms with Crippen molar-refractivity contribution in [1.82, 2.24) is 0 Å². The Morgan fingerprint density at radius 1 is 1.04 bits per heavy atom. The van der Waals surface area contributed by atoms with Crippen LogP contribution in [-0.4, -0.2) is 12.0 Å². The number of hydrogen-bond donors (Lipinski definition) is 1. The van der Waals surface area contributed by atoms with Gasteiger partial charge in [0.1, 0.15) is 5.75 Å². The highest BCUT2D eigenvalue weighted by Crippen LogP contribution is 2.33. The molecule has 2 aromatic rings. The van der Waals surface area contributed by atoms with Crippen molar-refractivity contribution in [2.45, 2.75) is 45.6 Å². The number of rotatable bonds is 7. The Bertz CT molecular complexity index is 780. The van der Waals surface area contributed by atoms with E-state index in [1.165, 1.54) is 12.1 Å². The molecule has 0 radical (unpaired) electrons. The molecule has 26 heavy (non-hydrogen) atoms. The summed E-state index contributed by atoms with van der Waals surface area (Å²) in [5.74, 6) is 0.784. The fourth-order valence-electron chi connectivity index (χ4n) is 2.52. The quantitative estimate of drug-likeness (QED) is 0.497. The molecule has 6 heteroatoms. The molecule has 0 heterocycles. The standard InChI is InChI=1S/C20H22Cl3NO2/c1-4-12(3)13-8-6-7-9-19(13)26-18(5-2)20(25)24-17-11-15(22)14(21)10-16(17)23/h6-12,18H,4-5H2,1-3H3,(H,24,25). The third kappa shape index (κ3) is 5.06. The molecule has 0 saturated carbocycles. The highest BCUT2D eigenvalue weighted by atomic mass is 35.5. The summed E-state index contributed by atoms with van der Waals surface area (Å²) in [6.07, 6.45) is 0.854. The largest absolute Gasteiger partial charge is 0.480 e. The Morgan fingerprint density at radius 2 is 1.69 bits per heavy atom. The van der Waals surface area contributed by atoms with Gasteiger partial charge in [-0.05, 0) is 42.5 Å². The number of hydrogen-bond acceptors (Lipinski definition) is 2. The number of amides is 1. The summed E-state index contributed by atoms with van der Waals surface area (Å²) in [6, 6.07) is 10.8. The normalized spacial score (nSPS) is 13.2. The molecule has 1 amide bonds. The monoisotopic (exact) mass is 413 g/mol. The number of para-hydroxylation sites is 1. The lowest BCUT2D eigenvalue weighted by molar-refractivity contribution is -0.122. The summed E-state index contributed by atoms with van der Waals surface area (Å²) in [5.41, 5.74) is 1.50. The number of benzene rings is 2. The van der Waals surface area contributed by atoms with E-state index in [2.05, 4.69) is 19.2 Å². The van der Waals surface area contributed by atoms with Crippen LogP contribution in [-0.2, 0) is 4.79 Å². The molecule has 0 bridgehead atoms. The Balaban J connectivity index is 2.19. The second-order valence-electron chi connectivity index (χ2n) is 6.10. The summed E-state index contributed by atoms with van der Waals surface area (Å²) in [6.45, 7) is 6.16. The van der Waals surface area contributed by atoms with Crippen molar-refractivity contribution in [2.24, 2.45) is 0 Å². The third-order valence-corrected chi connectivity index (χ3v) is 5.30. The molecule has 0 aliphatic heterocycles. The molecule has 0 saturated heterocycles. The second kappa shape index (κ2) is 9.50. The molecular weight excluding hydrogens is 393 g/mol. The summed E-state index contributed by atoms with van der Waals surface area (Å²) in [5, 5.41) is 3.75. The van der Waals surface area contributed by atoms with Gasteiger partial charge in [0.05, 0.1) is 20.8 Å². The lowest BCUT2D eigenvalue weighted by Gasteiger charge is -2.21. The van der Waals surface area contributed by atoms with Crippen LogP contribution in [0.4, 0.5) is 5.69 Å². The molecule has 2 rings (SSSR count). The van der Waals surface area contributed by atoms with Crippen LogP contribution in [0.5, 0.6) is 5.75 Å². The van der Waals surface area contributed by atoms with Gasteiger partial charge in [-0.25, -0.2) is 0 Å². The maximum atomic E-state index is 12.7. The maximum Gasteiger partial charge on any atom is 0.265 e. The molecule has 0 spiro atoms. The summed E-state index contributed by atoms with van der Waals surface area (Å²) >= 11 is 18.1. The fraction of sp³-hybridized carbons (Fsp3) is 0.350. The zero-order valence-corrected chi connectivity index (χ0v) is 17.3. The summed E-state index contributed by atoms with van der Waals surface area (Å²) in [7, 11) is 0. The zero-order chi connectivity index (χ0) is 19.3. The molecule has 2 unspecified atom stereocenters. The van der Waals surface area contributed by atoms with Crippen molar-refractivity contribution in [2.75, 3.05) is 5.32 Å². The number of ether oxygens (including phenoxy) is 1. The fourth-order valence-corrected chi connectivity index (χ4v) is 3.12. The molecule has 0 aliphatic rings. The van der Waals surface area contributed by atoms with Crippen LogP contribution in [0.15, 0.2) is 36.4 Å². The molecule has 2 aromatic carbocycles. The minimum absolute atomic E-state index is 0.285. The molecular formula is C20H22Cl3NO2. The summed E-state index contributed by atoms with van der Waals surface area (Å²) in [4.78, 5) is 12.7. The number of carbonyl (C=O) groups excluding carboxylic acids is 1. The first kappa shape index (κ1) is 20.9. The van der Waals surface area contributed by atoms with E-state index in [9.17, 15) is 4.79 Å². The van der Waals surface area contributed by atoms with Crippen molar-refractivity contribution >= 4 is 46.4 Å². The van der Waals surface area contributed by atoms with Crippen LogP contribution in [0.1, 0.15) is 45.1 Å². The van der Waals surface area contributed by atoms with Crippen molar-refractivity contribution in [3.8, 4) is 5.75 Å². The zero-order valence-electron chi connectivity index (χ0n) is 15.0. The first-order chi connectivity index (χ1) is 12.4. The molecule has 1 N–H and O–H groups in total. The van der Waals surface area contributed by atoms with E-state index < -0.39 is 6.10 Å². The van der Waals surface area contributed by atoms with Crippen LogP contribution >= 0.6 is 34.8 Å². The van der Waals surface area contributed by atoms with E-state index in [1.807, 2.05) is 31.2 Å². The van der Waals surface area contributed by atoms with Crippen molar-refractivity contribution < 1.29 is 9.53 Å². The Morgan fingerprint density at radius 3 is 2.35 bits per heavy atom. The molecule has 0 fully saturated rings. The van der Waals surface area contributed by atoms with Gasteiger partial charge in [-0.3, -0.25) is 4.79 Å². The third-order valence-electron chi connectivity index (χ3n) is 4.26. The second-order valence-corrected chi connectivity index (χ2v) is 7.32. The smallest absolute Gasteiger partial charge is 0.265 e. The molecule has 0 aromatic heterocycles. The van der Waals surface area contributed by atoms with Gasteiger partial charge in [0, 0.05) is 0 Å². The molecule has 2 atom stereocenters. The van der Waals surface area contributed by atoms with E-state index in [-0.39, 0.29) is 5.91 Å². The van der Waals surface area contributed by atoms with Crippen molar-refractivity contribution in [1.29, 1.82) is 0 Å². The van der Waals surface area contributed by atoms with E-state index in [1.54, 1.807) is 0 Å². The number of anilines is 1. The van der Waals surface area contributed by atoms with Gasteiger partial charge in [-0.1, -0.05) is 73.8 Å². The predicted molar refractivity (Wildman–Crippen MR) is 110 cm³/mol. The van der Waals surface area contributed by atoms with E-state index in [0.717, 1.165) is 17.7 Å². The van der Waals surface area contributed by atoms with Crippen LogP contribution < -0.4 is 10.1 Å². The summed E-state index contributed by atoms with van der Waals surface area (Å²) < 4.78 is 6.03. The van der Waals surface area contributed by atoms with E-state index in [4.69, 9.17) is 39.5 Å². The predicted octanol–water partition coefficient (Wildman–Crippen LogP) is 6.96. The van der Waals surface area contributed by atoms with Gasteiger partial charge in [-0.2, -0.15) is 0 Å².